The van der Waals surface area contributed by atoms with E-state index in [1.54, 1.807) is 35.2 Å². The molecule has 9 heteroatoms. The highest BCUT2D eigenvalue weighted by Gasteiger charge is 2.37. The molecule has 2 aliphatic heterocycles. The molecule has 30 heavy (non-hydrogen) atoms. The second-order valence-electron chi connectivity index (χ2n) is 7.59. The third kappa shape index (κ3) is 3.83. The van der Waals surface area contributed by atoms with E-state index >= 15 is 0 Å². The molecule has 3 amide bonds. The molecular weight excluding hydrogens is 386 g/mol. The smallest absolute Gasteiger partial charge is 0.262 e. The predicted octanol–water partition coefficient (Wildman–Crippen LogP) is 1.21. The first-order chi connectivity index (χ1) is 14.4. The number of carbonyl (C=O) groups excluding carboxylic acids is 3. The van der Waals surface area contributed by atoms with E-state index < -0.39 is 11.8 Å². The maximum absolute atomic E-state index is 12.8. The first-order valence-electron chi connectivity index (χ1n) is 9.85. The van der Waals surface area contributed by atoms with Gasteiger partial charge in [0.25, 0.3) is 11.8 Å². The zero-order valence-electron chi connectivity index (χ0n) is 16.9. The molecule has 0 saturated carbocycles. The van der Waals surface area contributed by atoms with E-state index in [1.807, 2.05) is 25.1 Å². The van der Waals surface area contributed by atoms with Crippen LogP contribution in [0.5, 0.6) is 5.88 Å². The monoisotopic (exact) mass is 409 g/mol. The Bertz CT molecular complexity index is 941. The number of nitrogens with zero attached hydrogens (tertiary/aromatic N) is 5. The molecule has 1 aromatic carbocycles. The number of piperidine rings is 1. The Kier molecular flexibility index (Phi) is 5.35. The Balaban J connectivity index is 1.37. The van der Waals surface area contributed by atoms with Crippen molar-refractivity contribution in [3.05, 3.63) is 47.5 Å². The van der Waals surface area contributed by atoms with Crippen molar-refractivity contribution in [3.8, 4) is 5.88 Å². The highest BCUT2D eigenvalue weighted by atomic mass is 16.5. The minimum atomic E-state index is -0.426. The molecular formula is C21H23N5O4. The second kappa shape index (κ2) is 8.10. The average molecular weight is 409 g/mol. The lowest BCUT2D eigenvalue weighted by molar-refractivity contribution is -0.134. The fourth-order valence-corrected chi connectivity index (χ4v) is 3.66. The number of hydrogen-bond donors (Lipinski definition) is 0. The maximum atomic E-state index is 12.8. The Hall–Kier alpha value is -3.49. The van der Waals surface area contributed by atoms with Gasteiger partial charge >= 0.3 is 0 Å². The van der Waals surface area contributed by atoms with Crippen LogP contribution in [0.1, 0.15) is 33.6 Å². The van der Waals surface area contributed by atoms with Crippen molar-refractivity contribution in [2.24, 2.45) is 0 Å². The Morgan fingerprint density at radius 1 is 1.10 bits per heavy atom. The van der Waals surface area contributed by atoms with Gasteiger partial charge in [0.05, 0.1) is 17.7 Å². The van der Waals surface area contributed by atoms with E-state index in [4.69, 9.17) is 4.74 Å². The van der Waals surface area contributed by atoms with Crippen LogP contribution in [0.25, 0.3) is 0 Å². The number of aromatic nitrogens is 2. The summed E-state index contributed by atoms with van der Waals surface area (Å²) in [6.07, 6.45) is 1.33. The SMILES string of the molecule is CN(C)c1ccc(OC2CCCN(C(=O)CN3C(=O)c4ccccc4C3=O)C2)nn1. The van der Waals surface area contributed by atoms with E-state index in [2.05, 4.69) is 10.2 Å². The van der Waals surface area contributed by atoms with Crippen LogP contribution < -0.4 is 9.64 Å². The fraction of sp³-hybridized carbons (Fsp3) is 0.381. The topological polar surface area (TPSA) is 95.9 Å². The van der Waals surface area contributed by atoms with Gasteiger partial charge in [0.15, 0.2) is 5.82 Å². The van der Waals surface area contributed by atoms with Crippen LogP contribution in [-0.2, 0) is 4.79 Å². The number of fused-ring (bicyclic) bond motifs is 1. The number of carbonyl (C=O) groups is 3. The van der Waals surface area contributed by atoms with Crippen molar-refractivity contribution in [2.45, 2.75) is 18.9 Å². The normalized spacial score (nSPS) is 18.4. The molecule has 4 rings (SSSR count). The number of likely N-dealkylation sites (tertiary alicyclic amines) is 1. The molecule has 156 valence electrons. The number of imide groups is 1. The molecule has 1 aromatic heterocycles. The van der Waals surface area contributed by atoms with E-state index in [0.29, 0.717) is 30.1 Å². The van der Waals surface area contributed by atoms with Crippen molar-refractivity contribution in [1.82, 2.24) is 20.0 Å². The van der Waals surface area contributed by atoms with E-state index in [1.165, 1.54) is 0 Å². The van der Waals surface area contributed by atoms with E-state index in [0.717, 1.165) is 23.6 Å². The van der Waals surface area contributed by atoms with Crippen molar-refractivity contribution >= 4 is 23.5 Å². The molecule has 3 heterocycles. The molecule has 0 spiro atoms. The first-order valence-corrected chi connectivity index (χ1v) is 9.85. The summed E-state index contributed by atoms with van der Waals surface area (Å²) in [6, 6.07) is 10.2. The summed E-state index contributed by atoms with van der Waals surface area (Å²) >= 11 is 0. The third-order valence-corrected chi connectivity index (χ3v) is 5.27. The molecule has 0 bridgehead atoms. The number of rotatable bonds is 5. The lowest BCUT2D eigenvalue weighted by Gasteiger charge is -2.33. The Morgan fingerprint density at radius 2 is 1.80 bits per heavy atom. The van der Waals surface area contributed by atoms with Crippen LogP contribution in [-0.4, -0.2) is 77.6 Å². The molecule has 0 aliphatic carbocycles. The summed E-state index contributed by atoms with van der Waals surface area (Å²) in [6.45, 7) is 0.669. The number of amides is 3. The molecule has 1 unspecified atom stereocenters. The number of benzene rings is 1. The van der Waals surface area contributed by atoms with Crippen LogP contribution in [0.2, 0.25) is 0 Å². The van der Waals surface area contributed by atoms with Crippen LogP contribution in [0.15, 0.2) is 36.4 Å². The van der Waals surface area contributed by atoms with Gasteiger partial charge in [-0.15, -0.1) is 10.2 Å². The minimum Gasteiger partial charge on any atom is -0.471 e. The van der Waals surface area contributed by atoms with Gasteiger partial charge in [0.2, 0.25) is 11.8 Å². The van der Waals surface area contributed by atoms with Gasteiger partial charge in [-0.05, 0) is 31.0 Å². The molecule has 0 N–H and O–H groups in total. The molecule has 2 aromatic rings. The van der Waals surface area contributed by atoms with Gasteiger partial charge in [0.1, 0.15) is 12.6 Å². The van der Waals surface area contributed by atoms with Crippen LogP contribution in [0.4, 0.5) is 5.82 Å². The summed E-state index contributed by atoms with van der Waals surface area (Å²) in [5, 5.41) is 8.17. The molecule has 1 saturated heterocycles. The number of hydrogen-bond acceptors (Lipinski definition) is 7. The number of anilines is 1. The molecule has 0 radical (unpaired) electrons. The summed E-state index contributed by atoms with van der Waals surface area (Å²) in [5.74, 6) is 0.00543. The maximum Gasteiger partial charge on any atom is 0.262 e. The lowest BCUT2D eigenvalue weighted by Crippen LogP contribution is -2.49. The second-order valence-corrected chi connectivity index (χ2v) is 7.59. The Morgan fingerprint density at radius 3 is 2.40 bits per heavy atom. The van der Waals surface area contributed by atoms with Crippen molar-refractivity contribution in [1.29, 1.82) is 0 Å². The Labute approximate surface area is 174 Å². The fourth-order valence-electron chi connectivity index (χ4n) is 3.66. The molecule has 2 aliphatic rings. The van der Waals surface area contributed by atoms with Gasteiger partial charge in [0, 0.05) is 26.7 Å². The van der Waals surface area contributed by atoms with Gasteiger partial charge in [-0.25, -0.2) is 0 Å². The van der Waals surface area contributed by atoms with Gasteiger partial charge in [-0.3, -0.25) is 19.3 Å². The molecule has 9 nitrogen and oxygen atoms in total. The van der Waals surface area contributed by atoms with Crippen LogP contribution in [0, 0.1) is 0 Å². The summed E-state index contributed by atoms with van der Waals surface area (Å²) in [4.78, 5) is 42.3. The third-order valence-electron chi connectivity index (χ3n) is 5.27. The molecule has 1 atom stereocenters. The summed E-state index contributed by atoms with van der Waals surface area (Å²) in [7, 11) is 3.76. The van der Waals surface area contributed by atoms with Crippen LogP contribution >= 0.6 is 0 Å². The highest BCUT2D eigenvalue weighted by molar-refractivity contribution is 6.22. The van der Waals surface area contributed by atoms with Crippen molar-refractivity contribution in [3.63, 3.8) is 0 Å². The van der Waals surface area contributed by atoms with Crippen molar-refractivity contribution in [2.75, 3.05) is 38.6 Å². The summed E-state index contributed by atoms with van der Waals surface area (Å²) < 4.78 is 5.90. The lowest BCUT2D eigenvalue weighted by atomic mass is 10.1. The minimum absolute atomic E-state index is 0.218. The highest BCUT2D eigenvalue weighted by Crippen LogP contribution is 2.23. The van der Waals surface area contributed by atoms with Gasteiger partial charge in [-0.1, -0.05) is 12.1 Å². The average Bonchev–Trinajstić information content (AvgIpc) is 2.99. The standard InChI is InChI=1S/C21H23N5O4/c1-24(2)17-9-10-18(23-22-17)30-14-6-5-11-25(12-14)19(27)13-26-20(28)15-7-3-4-8-16(15)21(26)29/h3-4,7-10,14H,5-6,11-13H2,1-2H3. The van der Waals surface area contributed by atoms with Gasteiger partial charge in [-0.2, -0.15) is 0 Å². The number of ether oxygens (including phenoxy) is 1. The van der Waals surface area contributed by atoms with E-state index in [9.17, 15) is 14.4 Å². The summed E-state index contributed by atoms with van der Waals surface area (Å²) in [5.41, 5.74) is 0.685. The molecule has 1 fully saturated rings. The zero-order chi connectivity index (χ0) is 21.3. The zero-order valence-corrected chi connectivity index (χ0v) is 16.9. The van der Waals surface area contributed by atoms with Crippen molar-refractivity contribution < 1.29 is 19.1 Å². The van der Waals surface area contributed by atoms with E-state index in [-0.39, 0.29) is 18.6 Å². The predicted molar refractivity (Wildman–Crippen MR) is 108 cm³/mol. The largest absolute Gasteiger partial charge is 0.471 e. The van der Waals surface area contributed by atoms with Gasteiger partial charge < -0.3 is 14.5 Å². The first kappa shape index (κ1) is 19.8. The van der Waals surface area contributed by atoms with Crippen LogP contribution in [0.3, 0.4) is 0 Å². The quantitative estimate of drug-likeness (QED) is 0.685.